The summed E-state index contributed by atoms with van der Waals surface area (Å²) in [5.41, 5.74) is 1.85. The maximum Gasteiger partial charge on any atom is 0.321 e. The molecule has 0 aliphatic rings. The van der Waals surface area contributed by atoms with Crippen molar-refractivity contribution in [2.45, 2.75) is 31.5 Å². The molecule has 0 heterocycles. The van der Waals surface area contributed by atoms with E-state index < -0.39 is 19.5 Å². The van der Waals surface area contributed by atoms with Crippen molar-refractivity contribution < 1.29 is 19.4 Å². The Hall–Kier alpha value is -2.46. The molecule has 0 radical (unpaired) electrons. The number of rotatable bonds is 9. The molecule has 28 heavy (non-hydrogen) atoms. The third-order valence-electron chi connectivity index (χ3n) is 4.71. The third-order valence-corrected chi connectivity index (χ3v) is 6.22. The summed E-state index contributed by atoms with van der Waals surface area (Å²) >= 11 is 0. The van der Waals surface area contributed by atoms with E-state index in [1.54, 1.807) is 24.3 Å². The van der Waals surface area contributed by atoms with Gasteiger partial charge in [0.15, 0.2) is 0 Å². The van der Waals surface area contributed by atoms with Crippen LogP contribution >= 0.6 is 7.52 Å². The van der Waals surface area contributed by atoms with Gasteiger partial charge in [0.2, 0.25) is 0 Å². The monoisotopic (exact) mass is 397 g/mol. The standard InChI is InChI=1S/C22H24NO4P/c24-22(25)21(23-28(26,27)16-17-8-2-1-3-9-17)15-7-13-19-12-6-11-18-10-4-5-14-20(18)19/h1-6,8-12,14,21H,7,13,15-16H2,(H,24,25)(H2,23,26,27). The van der Waals surface area contributed by atoms with E-state index in [0.717, 1.165) is 16.3 Å². The predicted molar refractivity (Wildman–Crippen MR) is 111 cm³/mol. The Labute approximate surface area is 164 Å². The van der Waals surface area contributed by atoms with Gasteiger partial charge in [-0.25, -0.2) is 5.09 Å². The number of benzene rings is 3. The summed E-state index contributed by atoms with van der Waals surface area (Å²) in [5.74, 6) is -1.11. The molecule has 146 valence electrons. The predicted octanol–water partition coefficient (Wildman–Crippen LogP) is 4.59. The van der Waals surface area contributed by atoms with Gasteiger partial charge in [-0.3, -0.25) is 9.36 Å². The molecule has 0 amide bonds. The van der Waals surface area contributed by atoms with Gasteiger partial charge < -0.3 is 10.00 Å². The molecular formula is C22H24NO4P. The minimum absolute atomic E-state index is 0.0963. The molecule has 0 aliphatic carbocycles. The van der Waals surface area contributed by atoms with Gasteiger partial charge in [0.05, 0.1) is 6.16 Å². The fourth-order valence-corrected chi connectivity index (χ4v) is 4.89. The second-order valence-corrected chi connectivity index (χ2v) is 8.87. The molecule has 0 aromatic heterocycles. The highest BCUT2D eigenvalue weighted by Crippen LogP contribution is 2.40. The summed E-state index contributed by atoms with van der Waals surface area (Å²) in [4.78, 5) is 21.8. The second kappa shape index (κ2) is 9.16. The van der Waals surface area contributed by atoms with E-state index >= 15 is 0 Å². The van der Waals surface area contributed by atoms with E-state index in [4.69, 9.17) is 0 Å². The van der Waals surface area contributed by atoms with E-state index in [2.05, 4.69) is 11.2 Å². The molecule has 0 aliphatic heterocycles. The van der Waals surface area contributed by atoms with Crippen LogP contribution in [0.5, 0.6) is 0 Å². The molecule has 0 spiro atoms. The van der Waals surface area contributed by atoms with Crippen molar-refractivity contribution in [2.75, 3.05) is 0 Å². The Morgan fingerprint density at radius 3 is 2.39 bits per heavy atom. The van der Waals surface area contributed by atoms with E-state index in [-0.39, 0.29) is 12.6 Å². The number of carbonyl (C=O) groups is 1. The highest BCUT2D eigenvalue weighted by atomic mass is 31.2. The lowest BCUT2D eigenvalue weighted by Gasteiger charge is -2.19. The van der Waals surface area contributed by atoms with Crippen molar-refractivity contribution in [2.24, 2.45) is 0 Å². The first-order valence-corrected chi connectivity index (χ1v) is 11.1. The fourth-order valence-electron chi connectivity index (χ4n) is 3.37. The van der Waals surface area contributed by atoms with Gasteiger partial charge in [0.1, 0.15) is 6.04 Å². The molecule has 3 rings (SSSR count). The lowest BCUT2D eigenvalue weighted by Crippen LogP contribution is -2.34. The quantitative estimate of drug-likeness (QED) is 0.460. The number of carboxylic acid groups (broad SMARTS) is 1. The summed E-state index contributed by atoms with van der Waals surface area (Å²) < 4.78 is 12.5. The maximum absolute atomic E-state index is 12.5. The minimum Gasteiger partial charge on any atom is -0.480 e. The van der Waals surface area contributed by atoms with Crippen LogP contribution in [0.4, 0.5) is 0 Å². The molecule has 0 fully saturated rings. The van der Waals surface area contributed by atoms with E-state index in [0.29, 0.717) is 18.4 Å². The van der Waals surface area contributed by atoms with Crippen LogP contribution in [0.15, 0.2) is 72.8 Å². The van der Waals surface area contributed by atoms with Crippen molar-refractivity contribution in [1.82, 2.24) is 5.09 Å². The molecule has 3 aromatic rings. The normalized spacial score (nSPS) is 14.5. The zero-order valence-corrected chi connectivity index (χ0v) is 16.4. The van der Waals surface area contributed by atoms with Gasteiger partial charge in [-0.2, -0.15) is 0 Å². The van der Waals surface area contributed by atoms with Crippen LogP contribution in [-0.2, 0) is 21.9 Å². The number of carboxylic acids is 1. The number of hydrogen-bond donors (Lipinski definition) is 3. The van der Waals surface area contributed by atoms with Gasteiger partial charge in [-0.15, -0.1) is 0 Å². The molecule has 6 heteroatoms. The number of aryl methyl sites for hydroxylation is 1. The smallest absolute Gasteiger partial charge is 0.321 e. The Morgan fingerprint density at radius 1 is 0.964 bits per heavy atom. The largest absolute Gasteiger partial charge is 0.480 e. The van der Waals surface area contributed by atoms with Gasteiger partial charge in [0.25, 0.3) is 7.52 Å². The molecule has 5 nitrogen and oxygen atoms in total. The molecule has 2 unspecified atom stereocenters. The SMILES string of the molecule is O=C(O)C(CCCc1cccc2ccccc12)NP(=O)(O)Cc1ccccc1. The first-order valence-electron chi connectivity index (χ1n) is 9.27. The van der Waals surface area contributed by atoms with Gasteiger partial charge in [-0.1, -0.05) is 72.8 Å². The molecule has 3 N–H and O–H groups in total. The van der Waals surface area contributed by atoms with Crippen LogP contribution in [-0.4, -0.2) is 22.0 Å². The molecule has 0 bridgehead atoms. The Kier molecular flexibility index (Phi) is 6.63. The van der Waals surface area contributed by atoms with E-state index in [1.165, 1.54) is 0 Å². The highest BCUT2D eigenvalue weighted by molar-refractivity contribution is 7.55. The van der Waals surface area contributed by atoms with Crippen LogP contribution < -0.4 is 5.09 Å². The highest BCUT2D eigenvalue weighted by Gasteiger charge is 2.27. The molecule has 2 atom stereocenters. The maximum atomic E-state index is 12.5. The second-order valence-electron chi connectivity index (χ2n) is 6.90. The Morgan fingerprint density at radius 2 is 1.64 bits per heavy atom. The van der Waals surface area contributed by atoms with Crippen molar-refractivity contribution in [3.05, 3.63) is 83.9 Å². The molecule has 0 saturated carbocycles. The van der Waals surface area contributed by atoms with Crippen LogP contribution in [0.2, 0.25) is 0 Å². The summed E-state index contributed by atoms with van der Waals surface area (Å²) in [6.07, 6.45) is 1.49. The zero-order valence-electron chi connectivity index (χ0n) is 15.5. The number of aliphatic carboxylic acids is 1. The molecule has 3 aromatic carbocycles. The van der Waals surface area contributed by atoms with Gasteiger partial charge >= 0.3 is 5.97 Å². The van der Waals surface area contributed by atoms with Crippen LogP contribution in [0.1, 0.15) is 24.0 Å². The Bertz CT molecular complexity index is 985. The average Bonchev–Trinajstić information content (AvgIpc) is 2.67. The zero-order chi connectivity index (χ0) is 20.0. The number of nitrogens with one attached hydrogen (secondary N) is 1. The Balaban J connectivity index is 1.61. The molecule has 0 saturated heterocycles. The van der Waals surface area contributed by atoms with Crippen LogP contribution in [0.25, 0.3) is 10.8 Å². The van der Waals surface area contributed by atoms with E-state index in [9.17, 15) is 19.4 Å². The molecular weight excluding hydrogens is 373 g/mol. The topological polar surface area (TPSA) is 86.6 Å². The van der Waals surface area contributed by atoms with Crippen molar-refractivity contribution in [1.29, 1.82) is 0 Å². The summed E-state index contributed by atoms with van der Waals surface area (Å²) in [5, 5.41) is 14.3. The minimum atomic E-state index is -3.81. The van der Waals surface area contributed by atoms with Gasteiger partial charge in [-0.05, 0) is 41.2 Å². The first kappa shape index (κ1) is 20.3. The number of fused-ring (bicyclic) bond motifs is 1. The lowest BCUT2D eigenvalue weighted by molar-refractivity contribution is -0.139. The summed E-state index contributed by atoms with van der Waals surface area (Å²) in [6.45, 7) is 0. The lowest BCUT2D eigenvalue weighted by atomic mass is 9.99. The van der Waals surface area contributed by atoms with Crippen LogP contribution in [0.3, 0.4) is 0 Å². The van der Waals surface area contributed by atoms with Gasteiger partial charge in [0, 0.05) is 0 Å². The van der Waals surface area contributed by atoms with Crippen molar-refractivity contribution in [3.63, 3.8) is 0 Å². The fraction of sp³-hybridized carbons (Fsp3) is 0.227. The summed E-state index contributed by atoms with van der Waals surface area (Å²) in [6, 6.07) is 22.0. The number of hydrogen-bond acceptors (Lipinski definition) is 2. The first-order chi connectivity index (χ1) is 13.4. The summed E-state index contributed by atoms with van der Waals surface area (Å²) in [7, 11) is -3.81. The average molecular weight is 397 g/mol. The van der Waals surface area contributed by atoms with Crippen molar-refractivity contribution in [3.8, 4) is 0 Å². The van der Waals surface area contributed by atoms with Crippen molar-refractivity contribution >= 4 is 24.3 Å². The van der Waals surface area contributed by atoms with Crippen LogP contribution in [0, 0.1) is 0 Å². The van der Waals surface area contributed by atoms with E-state index in [1.807, 2.05) is 42.5 Å². The third kappa shape index (κ3) is 5.52.